The molecule has 2 aromatic rings. The van der Waals surface area contributed by atoms with Crippen LogP contribution in [0, 0.1) is 18.8 Å². The van der Waals surface area contributed by atoms with Crippen molar-refractivity contribution in [3.05, 3.63) is 34.4 Å². The molecular weight excluding hydrogens is 476 g/mol. The van der Waals surface area contributed by atoms with Gasteiger partial charge in [-0.2, -0.15) is 0 Å². The molecule has 0 aliphatic rings. The highest BCUT2D eigenvalue weighted by Crippen LogP contribution is 2.27. The first-order valence-electron chi connectivity index (χ1n) is 8.96. The Balaban J connectivity index is 2.13. The van der Waals surface area contributed by atoms with Crippen molar-refractivity contribution >= 4 is 56.1 Å². The number of amides is 1. The van der Waals surface area contributed by atoms with Gasteiger partial charge >= 0.3 is 0 Å². The van der Waals surface area contributed by atoms with Crippen LogP contribution < -0.4 is 10.1 Å². The van der Waals surface area contributed by atoms with E-state index in [4.69, 9.17) is 16.3 Å². The van der Waals surface area contributed by atoms with Crippen molar-refractivity contribution in [3.8, 4) is 17.6 Å². The van der Waals surface area contributed by atoms with Crippen molar-refractivity contribution < 1.29 is 14.6 Å². The lowest BCUT2D eigenvalue weighted by Gasteiger charge is -2.24. The quantitative estimate of drug-likeness (QED) is 0.338. The predicted molar refractivity (Wildman–Crippen MR) is 123 cm³/mol. The van der Waals surface area contributed by atoms with E-state index in [2.05, 4.69) is 38.1 Å². The van der Waals surface area contributed by atoms with Crippen LogP contribution in [-0.2, 0) is 4.79 Å². The molecule has 0 radical (unpaired) electrons. The van der Waals surface area contributed by atoms with E-state index < -0.39 is 17.1 Å². The van der Waals surface area contributed by atoms with Gasteiger partial charge in [0.2, 0.25) is 5.44 Å². The highest BCUT2D eigenvalue weighted by molar-refractivity contribution is 9.10. The molecular formula is C21H24BrClN2O3S. The van der Waals surface area contributed by atoms with Crippen LogP contribution in [0.5, 0.6) is 5.75 Å². The SMILES string of the molecule is CSC(Oc1cc(C)c2ncc(Br)cc2c1)C(=O)NC(C)(C)C#CCC(O)CCl. The van der Waals surface area contributed by atoms with Gasteiger partial charge in [-0.15, -0.1) is 23.4 Å². The Kier molecular flexibility index (Phi) is 8.65. The molecule has 1 heterocycles. The first-order valence-corrected chi connectivity index (χ1v) is 11.6. The second-order valence-corrected chi connectivity index (χ2v) is 9.20. The fraction of sp³-hybridized carbons (Fsp3) is 0.429. The highest BCUT2D eigenvalue weighted by Gasteiger charge is 2.25. The number of pyridine rings is 1. The number of rotatable bonds is 7. The number of benzene rings is 1. The zero-order valence-corrected chi connectivity index (χ0v) is 19.9. The van der Waals surface area contributed by atoms with Gasteiger partial charge in [0.1, 0.15) is 5.75 Å². The second kappa shape index (κ2) is 10.5. The molecule has 0 bridgehead atoms. The Hall–Kier alpha value is -1.46. The molecule has 0 aliphatic carbocycles. The third kappa shape index (κ3) is 7.07. The van der Waals surface area contributed by atoms with Gasteiger partial charge in [0.05, 0.1) is 17.2 Å². The van der Waals surface area contributed by atoms with Crippen LogP contribution in [0.4, 0.5) is 0 Å². The molecule has 5 nitrogen and oxygen atoms in total. The van der Waals surface area contributed by atoms with Crippen molar-refractivity contribution in [1.29, 1.82) is 0 Å². The minimum atomic E-state index is -0.769. The molecule has 2 unspecified atom stereocenters. The second-order valence-electron chi connectivity index (χ2n) is 7.08. The van der Waals surface area contributed by atoms with Crippen LogP contribution >= 0.6 is 39.3 Å². The summed E-state index contributed by atoms with van der Waals surface area (Å²) in [6.07, 6.45) is 3.14. The van der Waals surface area contributed by atoms with Crippen molar-refractivity contribution in [3.63, 3.8) is 0 Å². The molecule has 2 rings (SSSR count). The molecule has 0 spiro atoms. The number of fused-ring (bicyclic) bond motifs is 1. The molecule has 29 heavy (non-hydrogen) atoms. The number of aliphatic hydroxyl groups is 1. The van der Waals surface area contributed by atoms with E-state index in [1.54, 1.807) is 20.0 Å². The lowest BCUT2D eigenvalue weighted by Crippen LogP contribution is -2.47. The summed E-state index contributed by atoms with van der Waals surface area (Å²) >= 11 is 10.3. The van der Waals surface area contributed by atoms with E-state index in [0.29, 0.717) is 5.75 Å². The number of nitrogens with zero attached hydrogens (tertiary/aromatic N) is 1. The third-order valence-corrected chi connectivity index (χ3v) is 5.47. The number of carbonyl (C=O) groups excluding carboxylic acids is 1. The maximum Gasteiger partial charge on any atom is 0.272 e. The standard InChI is InChI=1S/C21H24BrClN2O3S/c1-13-8-17(10-14-9-15(22)12-24-18(13)14)28-20(29-4)19(27)25-21(2,3)7-5-6-16(26)11-23/h8-10,12,16,20,26H,6,11H2,1-4H3,(H,25,27). The number of alkyl halides is 1. The van der Waals surface area contributed by atoms with Gasteiger partial charge in [-0.3, -0.25) is 9.78 Å². The molecule has 0 saturated heterocycles. The molecule has 1 amide bonds. The van der Waals surface area contributed by atoms with Gasteiger partial charge in [0, 0.05) is 28.4 Å². The van der Waals surface area contributed by atoms with Crippen LogP contribution in [0.1, 0.15) is 25.8 Å². The normalized spacial score (nSPS) is 13.3. The number of hydrogen-bond donors (Lipinski definition) is 2. The highest BCUT2D eigenvalue weighted by atomic mass is 79.9. The number of aryl methyl sites for hydroxylation is 1. The number of aromatic nitrogens is 1. The van der Waals surface area contributed by atoms with Gasteiger partial charge in [0.25, 0.3) is 5.91 Å². The van der Waals surface area contributed by atoms with Gasteiger partial charge in [-0.25, -0.2) is 0 Å². The number of aliphatic hydroxyl groups excluding tert-OH is 1. The molecule has 0 fully saturated rings. The number of thioether (sulfide) groups is 1. The van der Waals surface area contributed by atoms with E-state index >= 15 is 0 Å². The number of carbonyl (C=O) groups is 1. The van der Waals surface area contributed by atoms with Gasteiger partial charge < -0.3 is 15.2 Å². The lowest BCUT2D eigenvalue weighted by molar-refractivity contribution is -0.125. The van der Waals surface area contributed by atoms with Crippen molar-refractivity contribution in [2.45, 2.75) is 44.3 Å². The van der Waals surface area contributed by atoms with Crippen LogP contribution in [0.2, 0.25) is 0 Å². The third-order valence-electron chi connectivity index (χ3n) is 3.94. The summed E-state index contributed by atoms with van der Waals surface area (Å²) in [5.74, 6) is 6.27. The first kappa shape index (κ1) is 23.8. The monoisotopic (exact) mass is 498 g/mol. The fourth-order valence-corrected chi connectivity index (χ4v) is 3.55. The molecule has 156 valence electrons. The lowest BCUT2D eigenvalue weighted by atomic mass is 10.1. The Morgan fingerprint density at radius 3 is 2.83 bits per heavy atom. The van der Waals surface area contributed by atoms with Crippen LogP contribution in [0.3, 0.4) is 0 Å². The summed E-state index contributed by atoms with van der Waals surface area (Å²) in [7, 11) is 0. The smallest absolute Gasteiger partial charge is 0.272 e. The molecule has 0 aliphatic heterocycles. The minimum absolute atomic E-state index is 0.126. The van der Waals surface area contributed by atoms with E-state index in [0.717, 1.165) is 20.9 Å². The van der Waals surface area contributed by atoms with E-state index in [-0.39, 0.29) is 18.2 Å². The minimum Gasteiger partial charge on any atom is -0.470 e. The fourth-order valence-electron chi connectivity index (χ4n) is 2.61. The predicted octanol–water partition coefficient (Wildman–Crippen LogP) is 4.26. The summed E-state index contributed by atoms with van der Waals surface area (Å²) in [5.41, 5.74) is 0.353. The Labute approximate surface area is 189 Å². The average molecular weight is 500 g/mol. The van der Waals surface area contributed by atoms with Crippen LogP contribution in [0.15, 0.2) is 28.9 Å². The summed E-state index contributed by atoms with van der Waals surface area (Å²) in [4.78, 5) is 17.2. The number of ether oxygens (including phenoxy) is 1. The van der Waals surface area contributed by atoms with Crippen molar-refractivity contribution in [2.75, 3.05) is 12.1 Å². The number of nitrogens with one attached hydrogen (secondary N) is 1. The Morgan fingerprint density at radius 2 is 2.17 bits per heavy atom. The topological polar surface area (TPSA) is 71.5 Å². The van der Waals surface area contributed by atoms with Crippen molar-refractivity contribution in [2.24, 2.45) is 0 Å². The maximum absolute atomic E-state index is 12.7. The van der Waals surface area contributed by atoms with Gasteiger partial charge in [-0.1, -0.05) is 11.8 Å². The average Bonchev–Trinajstić information content (AvgIpc) is 2.64. The van der Waals surface area contributed by atoms with E-state index in [1.807, 2.05) is 31.4 Å². The zero-order chi connectivity index (χ0) is 21.6. The Bertz CT molecular complexity index is 943. The molecule has 1 aromatic carbocycles. The number of halogens is 2. The summed E-state index contributed by atoms with van der Waals surface area (Å²) in [6.45, 7) is 5.55. The van der Waals surface area contributed by atoms with Crippen molar-refractivity contribution in [1.82, 2.24) is 10.3 Å². The first-order chi connectivity index (χ1) is 13.6. The molecule has 1 aromatic heterocycles. The molecule has 8 heteroatoms. The summed E-state index contributed by atoms with van der Waals surface area (Å²) in [6, 6.07) is 5.71. The largest absolute Gasteiger partial charge is 0.470 e. The maximum atomic E-state index is 12.7. The van der Waals surface area contributed by atoms with Gasteiger partial charge in [0.15, 0.2) is 0 Å². The summed E-state index contributed by atoms with van der Waals surface area (Å²) in [5, 5.41) is 13.3. The molecule has 2 N–H and O–H groups in total. The van der Waals surface area contributed by atoms with Crippen LogP contribution in [-0.4, -0.2) is 45.2 Å². The molecule has 0 saturated carbocycles. The van der Waals surface area contributed by atoms with Crippen LogP contribution in [0.25, 0.3) is 10.9 Å². The Morgan fingerprint density at radius 1 is 1.45 bits per heavy atom. The zero-order valence-electron chi connectivity index (χ0n) is 16.8. The number of hydrogen-bond acceptors (Lipinski definition) is 5. The van der Waals surface area contributed by atoms with E-state index in [9.17, 15) is 9.90 Å². The molecule has 2 atom stereocenters. The van der Waals surface area contributed by atoms with E-state index in [1.165, 1.54) is 11.8 Å². The van der Waals surface area contributed by atoms with Gasteiger partial charge in [-0.05, 0) is 66.7 Å². The summed E-state index contributed by atoms with van der Waals surface area (Å²) < 4.78 is 6.84.